The maximum absolute atomic E-state index is 11.9. The number of ether oxygens (including phenoxy) is 3. The summed E-state index contributed by atoms with van der Waals surface area (Å²) in [6, 6.07) is 11.0. The van der Waals surface area contributed by atoms with E-state index >= 15 is 0 Å². The Morgan fingerprint density at radius 2 is 1.68 bits per heavy atom. The van der Waals surface area contributed by atoms with Crippen LogP contribution in [0.5, 0.6) is 17.2 Å². The van der Waals surface area contributed by atoms with Gasteiger partial charge in [0.1, 0.15) is 6.04 Å². The molecule has 2 aromatic rings. The number of carbonyl (C=O) groups is 1. The molecule has 0 saturated carbocycles. The quantitative estimate of drug-likeness (QED) is 0.685. The molecule has 0 radical (unpaired) electrons. The van der Waals surface area contributed by atoms with Crippen LogP contribution >= 0.6 is 15.9 Å². The van der Waals surface area contributed by atoms with Gasteiger partial charge < -0.3 is 19.3 Å². The lowest BCUT2D eigenvalue weighted by atomic mass is 9.95. The third-order valence-electron chi connectivity index (χ3n) is 5.10. The molecule has 2 aromatic carbocycles. The first-order valence-corrected chi connectivity index (χ1v) is 9.83. The van der Waals surface area contributed by atoms with Gasteiger partial charge >= 0.3 is 5.97 Å². The van der Waals surface area contributed by atoms with Crippen molar-refractivity contribution < 1.29 is 24.1 Å². The number of hydrogen-bond donors (Lipinski definition) is 1. The molecule has 7 heteroatoms. The summed E-state index contributed by atoms with van der Waals surface area (Å²) in [6.45, 7) is 0.703. The van der Waals surface area contributed by atoms with Crippen molar-refractivity contribution in [3.8, 4) is 17.2 Å². The first-order valence-electron chi connectivity index (χ1n) is 9.04. The molecule has 0 aromatic heterocycles. The van der Waals surface area contributed by atoms with Gasteiger partial charge in [-0.1, -0.05) is 28.1 Å². The van der Waals surface area contributed by atoms with Crippen molar-refractivity contribution >= 4 is 21.9 Å². The van der Waals surface area contributed by atoms with Gasteiger partial charge in [-0.05, 0) is 48.2 Å². The predicted octanol–water partition coefficient (Wildman–Crippen LogP) is 4.11. The normalized spacial score (nSPS) is 17.9. The van der Waals surface area contributed by atoms with Crippen LogP contribution in [0.4, 0.5) is 0 Å². The van der Waals surface area contributed by atoms with Crippen molar-refractivity contribution in [3.05, 3.63) is 52.0 Å². The van der Waals surface area contributed by atoms with Crippen molar-refractivity contribution in [1.29, 1.82) is 0 Å². The average molecular weight is 450 g/mol. The molecule has 1 aliphatic heterocycles. The first kappa shape index (κ1) is 20.5. The molecule has 1 fully saturated rings. The molecule has 3 rings (SSSR count). The summed E-state index contributed by atoms with van der Waals surface area (Å²) >= 11 is 3.47. The van der Waals surface area contributed by atoms with Crippen LogP contribution < -0.4 is 14.2 Å². The first-order chi connectivity index (χ1) is 13.5. The van der Waals surface area contributed by atoms with E-state index in [1.165, 1.54) is 0 Å². The summed E-state index contributed by atoms with van der Waals surface area (Å²) < 4.78 is 17.4. The number of rotatable bonds is 7. The third-order valence-corrected chi connectivity index (χ3v) is 5.63. The maximum Gasteiger partial charge on any atom is 0.320 e. The van der Waals surface area contributed by atoms with E-state index in [1.807, 2.05) is 41.3 Å². The Balaban J connectivity index is 2.16. The van der Waals surface area contributed by atoms with Crippen molar-refractivity contribution in [2.24, 2.45) is 0 Å². The molecule has 0 spiro atoms. The molecule has 0 amide bonds. The van der Waals surface area contributed by atoms with E-state index in [1.54, 1.807) is 21.3 Å². The summed E-state index contributed by atoms with van der Waals surface area (Å²) in [6.07, 6.45) is 1.47. The molecule has 0 aliphatic carbocycles. The monoisotopic (exact) mass is 449 g/mol. The highest BCUT2D eigenvalue weighted by atomic mass is 79.9. The number of hydrogen-bond acceptors (Lipinski definition) is 5. The molecule has 1 N–H and O–H groups in total. The number of carboxylic acid groups (broad SMARTS) is 1. The molecule has 1 heterocycles. The highest BCUT2D eigenvalue weighted by Crippen LogP contribution is 2.43. The average Bonchev–Trinajstić information content (AvgIpc) is 3.18. The second-order valence-corrected chi connectivity index (χ2v) is 7.56. The zero-order chi connectivity index (χ0) is 20.3. The van der Waals surface area contributed by atoms with Crippen molar-refractivity contribution in [2.75, 3.05) is 27.9 Å². The lowest BCUT2D eigenvalue weighted by Gasteiger charge is -2.32. The van der Waals surface area contributed by atoms with Gasteiger partial charge in [0.15, 0.2) is 11.5 Å². The Morgan fingerprint density at radius 1 is 1.07 bits per heavy atom. The van der Waals surface area contributed by atoms with E-state index in [2.05, 4.69) is 15.9 Å². The predicted molar refractivity (Wildman–Crippen MR) is 109 cm³/mol. The third kappa shape index (κ3) is 3.95. The van der Waals surface area contributed by atoms with Crippen LogP contribution in [0.25, 0.3) is 0 Å². The molecule has 2 unspecified atom stereocenters. The molecule has 1 aliphatic rings. The summed E-state index contributed by atoms with van der Waals surface area (Å²) in [5, 5.41) is 9.74. The van der Waals surface area contributed by atoms with Crippen LogP contribution in [0.3, 0.4) is 0 Å². The Labute approximate surface area is 173 Å². The van der Waals surface area contributed by atoms with Gasteiger partial charge in [-0.15, -0.1) is 0 Å². The van der Waals surface area contributed by atoms with Crippen LogP contribution in [0, 0.1) is 0 Å². The molecule has 6 nitrogen and oxygen atoms in total. The lowest BCUT2D eigenvalue weighted by Crippen LogP contribution is -2.39. The molecule has 1 saturated heterocycles. The van der Waals surface area contributed by atoms with Crippen molar-refractivity contribution in [3.63, 3.8) is 0 Å². The zero-order valence-electron chi connectivity index (χ0n) is 16.1. The highest BCUT2D eigenvalue weighted by molar-refractivity contribution is 9.10. The van der Waals surface area contributed by atoms with Crippen LogP contribution in [0.2, 0.25) is 0 Å². The topological polar surface area (TPSA) is 68.2 Å². The van der Waals surface area contributed by atoms with Crippen LogP contribution in [-0.2, 0) is 4.79 Å². The molecule has 150 valence electrons. The molecule has 0 bridgehead atoms. The smallest absolute Gasteiger partial charge is 0.320 e. The van der Waals surface area contributed by atoms with Gasteiger partial charge in [-0.25, -0.2) is 0 Å². The number of likely N-dealkylation sites (tertiary alicyclic amines) is 1. The van der Waals surface area contributed by atoms with E-state index in [0.717, 1.165) is 22.0 Å². The number of benzene rings is 2. The molecule has 28 heavy (non-hydrogen) atoms. The van der Waals surface area contributed by atoms with E-state index in [9.17, 15) is 9.90 Å². The lowest BCUT2D eigenvalue weighted by molar-refractivity contribution is -0.142. The van der Waals surface area contributed by atoms with Gasteiger partial charge in [0.05, 0.1) is 27.4 Å². The van der Waals surface area contributed by atoms with E-state index in [4.69, 9.17) is 14.2 Å². The second-order valence-electron chi connectivity index (χ2n) is 6.65. The zero-order valence-corrected chi connectivity index (χ0v) is 17.7. The molecular formula is C21H24BrNO5. The maximum atomic E-state index is 11.9. The minimum absolute atomic E-state index is 0.245. The Hall–Kier alpha value is -2.25. The molecule has 2 atom stereocenters. The minimum atomic E-state index is -0.799. The van der Waals surface area contributed by atoms with Crippen LogP contribution in [0.1, 0.15) is 30.0 Å². The highest BCUT2D eigenvalue weighted by Gasteiger charge is 2.37. The van der Waals surface area contributed by atoms with Crippen LogP contribution in [0.15, 0.2) is 40.9 Å². The number of aliphatic carboxylic acids is 1. The number of methoxy groups -OCH3 is 3. The fraction of sp³-hybridized carbons (Fsp3) is 0.381. The van der Waals surface area contributed by atoms with Crippen LogP contribution in [-0.4, -0.2) is 49.9 Å². The minimum Gasteiger partial charge on any atom is -0.493 e. The largest absolute Gasteiger partial charge is 0.493 e. The fourth-order valence-electron chi connectivity index (χ4n) is 3.84. The summed E-state index contributed by atoms with van der Waals surface area (Å²) in [5.41, 5.74) is 1.90. The number of carboxylic acids is 1. The SMILES string of the molecule is COc1cc(C(c2ccc(Br)cc2)N2CCCC2C(=O)O)cc(OC)c1OC. The standard InChI is InChI=1S/C21H24BrNO5/c1-26-17-11-14(12-18(27-2)20(17)28-3)19(13-6-8-15(22)9-7-13)23-10-4-5-16(23)21(24)25/h6-9,11-12,16,19H,4-5,10H2,1-3H3,(H,24,25). The Kier molecular flexibility index (Phi) is 6.46. The Bertz CT molecular complexity index is 814. The number of nitrogens with zero attached hydrogens (tertiary/aromatic N) is 1. The van der Waals surface area contributed by atoms with Crippen molar-refractivity contribution in [1.82, 2.24) is 4.90 Å². The molecular weight excluding hydrogens is 426 g/mol. The van der Waals surface area contributed by atoms with Gasteiger partial charge in [0, 0.05) is 11.0 Å². The van der Waals surface area contributed by atoms with Crippen molar-refractivity contribution in [2.45, 2.75) is 24.9 Å². The van der Waals surface area contributed by atoms with Gasteiger partial charge in [0.25, 0.3) is 0 Å². The van der Waals surface area contributed by atoms with Gasteiger partial charge in [-0.3, -0.25) is 9.69 Å². The second kappa shape index (κ2) is 8.84. The fourth-order valence-corrected chi connectivity index (χ4v) is 4.11. The number of halogens is 1. The van der Waals surface area contributed by atoms with Gasteiger partial charge in [-0.2, -0.15) is 0 Å². The Morgan fingerprint density at radius 3 is 2.18 bits per heavy atom. The van der Waals surface area contributed by atoms with E-state index in [-0.39, 0.29) is 6.04 Å². The van der Waals surface area contributed by atoms with E-state index in [0.29, 0.717) is 30.2 Å². The summed E-state index contributed by atoms with van der Waals surface area (Å²) in [7, 11) is 4.71. The summed E-state index contributed by atoms with van der Waals surface area (Å²) in [4.78, 5) is 13.9. The van der Waals surface area contributed by atoms with E-state index < -0.39 is 12.0 Å². The summed E-state index contributed by atoms with van der Waals surface area (Å²) in [5.74, 6) is 0.807. The van der Waals surface area contributed by atoms with Gasteiger partial charge in [0.2, 0.25) is 5.75 Å².